The number of nitrogens with zero attached hydrogens (tertiary/aromatic N) is 2. The summed E-state index contributed by atoms with van der Waals surface area (Å²) in [4.78, 5) is 6.49. The fraction of sp³-hybridized carbons (Fsp3) is 0.750. The van der Waals surface area contributed by atoms with E-state index in [2.05, 4.69) is 10.3 Å². The summed E-state index contributed by atoms with van der Waals surface area (Å²) in [5.74, 6) is 0. The first-order valence-corrected chi connectivity index (χ1v) is 7.16. The van der Waals surface area contributed by atoms with E-state index in [1.54, 1.807) is 14.2 Å². The van der Waals surface area contributed by atoms with Crippen LogP contribution in [0.15, 0.2) is 0 Å². The lowest BCUT2D eigenvalue weighted by Crippen LogP contribution is -2.34. The van der Waals surface area contributed by atoms with Gasteiger partial charge >= 0.3 is 6.18 Å². The molecule has 0 saturated carbocycles. The van der Waals surface area contributed by atoms with E-state index < -0.39 is 12.7 Å². The van der Waals surface area contributed by atoms with Gasteiger partial charge in [-0.15, -0.1) is 11.3 Å². The minimum atomic E-state index is -4.23. The average molecular weight is 311 g/mol. The fourth-order valence-corrected chi connectivity index (χ4v) is 2.88. The first kappa shape index (κ1) is 17.2. The Morgan fingerprint density at radius 3 is 2.60 bits per heavy atom. The SMILES string of the molecule is CCCN(CC(F)(F)F)c1nc(COC)c(CNC)s1. The zero-order chi connectivity index (χ0) is 15.2. The molecule has 0 bridgehead atoms. The Balaban J connectivity index is 2.97. The molecule has 1 N–H and O–H groups in total. The van der Waals surface area contributed by atoms with E-state index in [0.717, 1.165) is 4.88 Å². The van der Waals surface area contributed by atoms with E-state index in [0.29, 0.717) is 36.9 Å². The number of hydrogen-bond donors (Lipinski definition) is 1. The van der Waals surface area contributed by atoms with Crippen LogP contribution < -0.4 is 10.2 Å². The van der Waals surface area contributed by atoms with Crippen molar-refractivity contribution in [1.29, 1.82) is 0 Å². The summed E-state index contributed by atoms with van der Waals surface area (Å²) in [5, 5.41) is 3.39. The second-order valence-corrected chi connectivity index (χ2v) is 5.43. The van der Waals surface area contributed by atoms with Crippen LogP contribution in [-0.4, -0.2) is 38.4 Å². The Bertz CT molecular complexity index is 386. The third-order valence-corrected chi connectivity index (χ3v) is 3.68. The normalized spacial score (nSPS) is 11.9. The van der Waals surface area contributed by atoms with Crippen molar-refractivity contribution >= 4 is 16.5 Å². The molecule has 0 atom stereocenters. The number of methoxy groups -OCH3 is 1. The molecular weight excluding hydrogens is 291 g/mol. The van der Waals surface area contributed by atoms with Crippen LogP contribution in [0.4, 0.5) is 18.3 Å². The fourth-order valence-electron chi connectivity index (χ4n) is 1.78. The summed E-state index contributed by atoms with van der Waals surface area (Å²) < 4.78 is 42.9. The minimum Gasteiger partial charge on any atom is -0.378 e. The molecule has 0 fully saturated rings. The van der Waals surface area contributed by atoms with Gasteiger partial charge < -0.3 is 15.0 Å². The highest BCUT2D eigenvalue weighted by Crippen LogP contribution is 2.29. The molecule has 0 unspecified atom stereocenters. The molecule has 0 radical (unpaired) electrons. The number of thiazole rings is 1. The second kappa shape index (κ2) is 7.80. The Kier molecular flexibility index (Phi) is 6.70. The van der Waals surface area contributed by atoms with Crippen molar-refractivity contribution in [2.24, 2.45) is 0 Å². The molecule has 0 spiro atoms. The number of ether oxygens (including phenoxy) is 1. The highest BCUT2D eigenvalue weighted by Gasteiger charge is 2.32. The van der Waals surface area contributed by atoms with Crippen molar-refractivity contribution in [2.75, 3.05) is 32.1 Å². The molecule has 0 aromatic carbocycles. The van der Waals surface area contributed by atoms with Crippen LogP contribution >= 0.6 is 11.3 Å². The molecule has 20 heavy (non-hydrogen) atoms. The van der Waals surface area contributed by atoms with Crippen molar-refractivity contribution in [2.45, 2.75) is 32.7 Å². The average Bonchev–Trinajstić information content (AvgIpc) is 2.71. The van der Waals surface area contributed by atoms with Gasteiger partial charge in [0.05, 0.1) is 12.3 Å². The standard InChI is InChI=1S/C12H20F3N3OS/c1-4-5-18(8-12(13,14)15)11-17-9(7-19-3)10(20-11)6-16-2/h16H,4-8H2,1-3H3. The Hall–Kier alpha value is -0.860. The van der Waals surface area contributed by atoms with Gasteiger partial charge in [-0.05, 0) is 13.5 Å². The zero-order valence-electron chi connectivity index (χ0n) is 11.9. The number of nitrogens with one attached hydrogen (secondary N) is 1. The Morgan fingerprint density at radius 1 is 1.40 bits per heavy atom. The predicted octanol–water partition coefficient (Wildman–Crippen LogP) is 2.79. The minimum absolute atomic E-state index is 0.305. The van der Waals surface area contributed by atoms with Gasteiger partial charge in [0.15, 0.2) is 5.13 Å². The van der Waals surface area contributed by atoms with Crippen LogP contribution in [0.1, 0.15) is 23.9 Å². The predicted molar refractivity (Wildman–Crippen MR) is 74.1 cm³/mol. The van der Waals surface area contributed by atoms with E-state index in [9.17, 15) is 13.2 Å². The number of alkyl halides is 3. The number of halogens is 3. The third-order valence-electron chi connectivity index (χ3n) is 2.52. The summed E-state index contributed by atoms with van der Waals surface area (Å²) in [6.45, 7) is 2.08. The maximum Gasteiger partial charge on any atom is 0.406 e. The van der Waals surface area contributed by atoms with Crippen LogP contribution in [0, 0.1) is 0 Å². The Labute approximate surface area is 120 Å². The quantitative estimate of drug-likeness (QED) is 0.801. The van der Waals surface area contributed by atoms with Gasteiger partial charge in [0.2, 0.25) is 0 Å². The van der Waals surface area contributed by atoms with Crippen LogP contribution in [-0.2, 0) is 17.9 Å². The van der Waals surface area contributed by atoms with Gasteiger partial charge in [0, 0.05) is 25.1 Å². The van der Waals surface area contributed by atoms with E-state index in [-0.39, 0.29) is 0 Å². The molecule has 1 aromatic rings. The highest BCUT2D eigenvalue weighted by atomic mass is 32.1. The number of anilines is 1. The molecule has 1 aromatic heterocycles. The van der Waals surface area contributed by atoms with Crippen molar-refractivity contribution in [3.8, 4) is 0 Å². The van der Waals surface area contributed by atoms with E-state index in [1.807, 2.05) is 6.92 Å². The maximum atomic E-state index is 12.6. The second-order valence-electron chi connectivity index (χ2n) is 4.37. The van der Waals surface area contributed by atoms with Crippen molar-refractivity contribution < 1.29 is 17.9 Å². The largest absolute Gasteiger partial charge is 0.406 e. The van der Waals surface area contributed by atoms with Crippen LogP contribution in [0.3, 0.4) is 0 Å². The smallest absolute Gasteiger partial charge is 0.378 e. The maximum absolute atomic E-state index is 12.6. The first-order valence-electron chi connectivity index (χ1n) is 6.35. The Morgan fingerprint density at radius 2 is 2.10 bits per heavy atom. The lowest BCUT2D eigenvalue weighted by Gasteiger charge is -2.22. The summed E-state index contributed by atoms with van der Waals surface area (Å²) in [5.41, 5.74) is 0.699. The summed E-state index contributed by atoms with van der Waals surface area (Å²) in [6.07, 6.45) is -3.60. The van der Waals surface area contributed by atoms with Gasteiger partial charge in [-0.1, -0.05) is 6.92 Å². The number of aromatic nitrogens is 1. The molecule has 1 heterocycles. The summed E-state index contributed by atoms with van der Waals surface area (Å²) in [7, 11) is 3.33. The number of rotatable bonds is 8. The zero-order valence-corrected chi connectivity index (χ0v) is 12.7. The van der Waals surface area contributed by atoms with Crippen molar-refractivity contribution in [3.63, 3.8) is 0 Å². The molecule has 0 saturated heterocycles. The highest BCUT2D eigenvalue weighted by molar-refractivity contribution is 7.15. The monoisotopic (exact) mass is 311 g/mol. The molecule has 116 valence electrons. The molecule has 0 aliphatic rings. The van der Waals surface area contributed by atoms with Crippen LogP contribution in [0.5, 0.6) is 0 Å². The summed E-state index contributed by atoms with van der Waals surface area (Å²) >= 11 is 1.29. The van der Waals surface area contributed by atoms with Crippen LogP contribution in [0.25, 0.3) is 0 Å². The van der Waals surface area contributed by atoms with Crippen molar-refractivity contribution in [1.82, 2.24) is 10.3 Å². The lowest BCUT2D eigenvalue weighted by molar-refractivity contribution is -0.119. The summed E-state index contributed by atoms with van der Waals surface area (Å²) in [6, 6.07) is 0. The van der Waals surface area contributed by atoms with Gasteiger partial charge in [-0.25, -0.2) is 4.98 Å². The molecule has 0 amide bonds. The van der Waals surface area contributed by atoms with E-state index >= 15 is 0 Å². The van der Waals surface area contributed by atoms with Gasteiger partial charge in [0.25, 0.3) is 0 Å². The molecule has 8 heteroatoms. The molecule has 4 nitrogen and oxygen atoms in total. The molecule has 1 rings (SSSR count). The van der Waals surface area contributed by atoms with E-state index in [4.69, 9.17) is 4.74 Å². The molecule has 0 aliphatic heterocycles. The van der Waals surface area contributed by atoms with Gasteiger partial charge in [0.1, 0.15) is 6.54 Å². The first-order chi connectivity index (χ1) is 9.41. The topological polar surface area (TPSA) is 37.4 Å². The molecule has 0 aliphatic carbocycles. The number of hydrogen-bond acceptors (Lipinski definition) is 5. The van der Waals surface area contributed by atoms with Crippen LogP contribution in [0.2, 0.25) is 0 Å². The lowest BCUT2D eigenvalue weighted by atomic mass is 10.4. The van der Waals surface area contributed by atoms with E-state index in [1.165, 1.54) is 16.2 Å². The van der Waals surface area contributed by atoms with Gasteiger partial charge in [-0.3, -0.25) is 0 Å². The third kappa shape index (κ3) is 5.26. The van der Waals surface area contributed by atoms with Crippen molar-refractivity contribution in [3.05, 3.63) is 10.6 Å². The van der Waals surface area contributed by atoms with Gasteiger partial charge in [-0.2, -0.15) is 13.2 Å². The molecular formula is C12H20F3N3OS.